The number of allylic oxidation sites excluding steroid dienone is 2. The predicted octanol–water partition coefficient (Wildman–Crippen LogP) is 2.53. The Morgan fingerprint density at radius 2 is 2.06 bits per heavy atom. The maximum Gasteiger partial charge on any atom is 0.201 e. The van der Waals surface area contributed by atoms with E-state index in [1.54, 1.807) is 6.21 Å². The Labute approximate surface area is 103 Å². The third-order valence-corrected chi connectivity index (χ3v) is 3.51. The van der Waals surface area contributed by atoms with Crippen LogP contribution < -0.4 is 5.32 Å². The monoisotopic (exact) mass is 242 g/mol. The van der Waals surface area contributed by atoms with E-state index in [0.717, 1.165) is 22.0 Å². The van der Waals surface area contributed by atoms with Gasteiger partial charge in [-0.05, 0) is 23.4 Å². The third-order valence-electron chi connectivity index (χ3n) is 2.59. The minimum atomic E-state index is 0.147. The Kier molecular flexibility index (Phi) is 2.57. The molecule has 17 heavy (non-hydrogen) atoms. The zero-order chi connectivity index (χ0) is 11.7. The van der Waals surface area contributed by atoms with Gasteiger partial charge in [-0.2, -0.15) is 0 Å². The first-order valence-corrected chi connectivity index (χ1v) is 6.15. The predicted molar refractivity (Wildman–Crippen MR) is 70.3 cm³/mol. The summed E-state index contributed by atoms with van der Waals surface area (Å²) in [7, 11) is 0. The Hall–Kier alpha value is -1.81. The number of nitrogens with one attached hydrogen (secondary N) is 1. The molecule has 2 aliphatic heterocycles. The van der Waals surface area contributed by atoms with Crippen molar-refractivity contribution in [1.82, 2.24) is 5.32 Å². The summed E-state index contributed by atoms with van der Waals surface area (Å²) in [5, 5.41) is 4.23. The molecular weight excluding hydrogens is 232 g/mol. The highest BCUT2D eigenvalue weighted by atomic mass is 32.2. The average Bonchev–Trinajstić information content (AvgIpc) is 2.58. The first kappa shape index (κ1) is 10.4. The summed E-state index contributed by atoms with van der Waals surface area (Å²) in [5.41, 5.74) is 2.98. The molecule has 3 rings (SSSR count). The summed E-state index contributed by atoms with van der Waals surface area (Å²) in [4.78, 5) is 15.6. The van der Waals surface area contributed by atoms with Crippen molar-refractivity contribution in [2.24, 2.45) is 4.99 Å². The van der Waals surface area contributed by atoms with Crippen molar-refractivity contribution in [1.29, 1.82) is 0 Å². The van der Waals surface area contributed by atoms with E-state index < -0.39 is 0 Å². The van der Waals surface area contributed by atoms with Crippen LogP contribution >= 0.6 is 11.8 Å². The van der Waals surface area contributed by atoms with Crippen molar-refractivity contribution >= 4 is 28.8 Å². The second kappa shape index (κ2) is 4.22. The van der Waals surface area contributed by atoms with E-state index in [9.17, 15) is 4.79 Å². The zero-order valence-corrected chi connectivity index (χ0v) is 9.83. The van der Waals surface area contributed by atoms with Gasteiger partial charge in [0, 0.05) is 11.9 Å². The number of rotatable bonds is 1. The normalized spacial score (nSPS) is 18.6. The zero-order valence-electron chi connectivity index (χ0n) is 9.01. The number of hydrogen-bond donors (Lipinski definition) is 1. The molecule has 0 atom stereocenters. The molecule has 0 unspecified atom stereocenters. The lowest BCUT2D eigenvalue weighted by Gasteiger charge is -2.10. The molecule has 0 aromatic heterocycles. The minimum Gasteiger partial charge on any atom is -0.356 e. The van der Waals surface area contributed by atoms with E-state index in [-0.39, 0.29) is 5.12 Å². The highest BCUT2D eigenvalue weighted by Crippen LogP contribution is 2.34. The van der Waals surface area contributed by atoms with Gasteiger partial charge in [0.25, 0.3) is 0 Å². The van der Waals surface area contributed by atoms with Crippen LogP contribution in [0, 0.1) is 0 Å². The fraction of sp³-hybridized carbons (Fsp3) is 0.0769. The van der Waals surface area contributed by atoms with Crippen LogP contribution in [0.4, 0.5) is 0 Å². The largest absolute Gasteiger partial charge is 0.356 e. The molecule has 0 saturated carbocycles. The number of benzene rings is 1. The Morgan fingerprint density at radius 1 is 1.24 bits per heavy atom. The van der Waals surface area contributed by atoms with E-state index in [1.165, 1.54) is 11.8 Å². The second-order valence-corrected chi connectivity index (χ2v) is 4.83. The lowest BCUT2D eigenvalue weighted by atomic mass is 10.1. The highest BCUT2D eigenvalue weighted by molar-refractivity contribution is 8.17. The summed E-state index contributed by atoms with van der Waals surface area (Å²) < 4.78 is 0. The standard InChI is InChI=1S/C13H10N2OS/c16-12-8-11-13(17-12)14-7-6-10(15-11)9-4-2-1-3-5-9/h1-7,15H,8H2. The molecule has 84 valence electrons. The van der Waals surface area contributed by atoms with Gasteiger partial charge in [-0.25, -0.2) is 4.99 Å². The van der Waals surface area contributed by atoms with Crippen LogP contribution in [0.1, 0.15) is 12.0 Å². The van der Waals surface area contributed by atoms with Gasteiger partial charge in [0.15, 0.2) is 0 Å². The van der Waals surface area contributed by atoms with Gasteiger partial charge in [-0.3, -0.25) is 4.79 Å². The van der Waals surface area contributed by atoms with Crippen LogP contribution in [-0.4, -0.2) is 11.3 Å². The van der Waals surface area contributed by atoms with Crippen molar-refractivity contribution in [2.75, 3.05) is 0 Å². The van der Waals surface area contributed by atoms with Crippen LogP contribution in [0.3, 0.4) is 0 Å². The molecule has 0 amide bonds. The van der Waals surface area contributed by atoms with E-state index in [0.29, 0.717) is 6.42 Å². The number of aliphatic imine (C=N–C) groups is 1. The van der Waals surface area contributed by atoms with Crippen molar-refractivity contribution in [2.45, 2.75) is 6.42 Å². The summed E-state index contributed by atoms with van der Waals surface area (Å²) in [6.07, 6.45) is 4.10. The molecule has 2 heterocycles. The SMILES string of the molecule is O=C1CC2=C(N=CC=C(c3ccccc3)N2)S1. The quantitative estimate of drug-likeness (QED) is 0.822. The molecule has 0 spiro atoms. The topological polar surface area (TPSA) is 41.5 Å². The summed E-state index contributed by atoms with van der Waals surface area (Å²) >= 11 is 1.21. The van der Waals surface area contributed by atoms with Gasteiger partial charge < -0.3 is 5.32 Å². The second-order valence-electron chi connectivity index (χ2n) is 3.78. The Bertz CT molecular complexity index is 558. The average molecular weight is 242 g/mol. The summed E-state index contributed by atoms with van der Waals surface area (Å²) in [5.74, 6) is 0. The van der Waals surface area contributed by atoms with Crippen LogP contribution in [0.2, 0.25) is 0 Å². The molecule has 0 aliphatic carbocycles. The smallest absolute Gasteiger partial charge is 0.201 e. The Balaban J connectivity index is 1.93. The van der Waals surface area contributed by atoms with E-state index in [1.807, 2.05) is 36.4 Å². The van der Waals surface area contributed by atoms with Crippen molar-refractivity contribution in [3.05, 3.63) is 52.7 Å². The van der Waals surface area contributed by atoms with Gasteiger partial charge in [-0.1, -0.05) is 30.3 Å². The Morgan fingerprint density at radius 3 is 2.88 bits per heavy atom. The number of hydrogen-bond acceptors (Lipinski definition) is 4. The number of thioether (sulfide) groups is 1. The molecule has 1 N–H and O–H groups in total. The lowest BCUT2D eigenvalue weighted by Crippen LogP contribution is -2.11. The first-order chi connectivity index (χ1) is 8.33. The molecule has 1 aromatic carbocycles. The molecule has 3 nitrogen and oxygen atoms in total. The fourth-order valence-electron chi connectivity index (χ4n) is 1.80. The molecule has 2 aliphatic rings. The fourth-order valence-corrected chi connectivity index (χ4v) is 2.59. The summed E-state index contributed by atoms with van der Waals surface area (Å²) in [6.45, 7) is 0. The van der Waals surface area contributed by atoms with Crippen molar-refractivity contribution in [3.8, 4) is 0 Å². The molecular formula is C13H10N2OS. The van der Waals surface area contributed by atoms with E-state index in [4.69, 9.17) is 0 Å². The van der Waals surface area contributed by atoms with Crippen LogP contribution in [0.15, 0.2) is 52.1 Å². The van der Waals surface area contributed by atoms with Crippen LogP contribution in [0.5, 0.6) is 0 Å². The molecule has 0 radical (unpaired) electrons. The molecule has 1 aromatic rings. The van der Waals surface area contributed by atoms with Crippen LogP contribution in [0.25, 0.3) is 5.70 Å². The minimum absolute atomic E-state index is 0.147. The van der Waals surface area contributed by atoms with Gasteiger partial charge in [0.05, 0.1) is 12.1 Å². The number of carbonyl (C=O) groups is 1. The lowest BCUT2D eigenvalue weighted by molar-refractivity contribution is -0.110. The van der Waals surface area contributed by atoms with E-state index >= 15 is 0 Å². The highest BCUT2D eigenvalue weighted by Gasteiger charge is 2.24. The maximum atomic E-state index is 11.4. The van der Waals surface area contributed by atoms with Crippen LogP contribution in [-0.2, 0) is 4.79 Å². The van der Waals surface area contributed by atoms with Gasteiger partial charge >= 0.3 is 0 Å². The van der Waals surface area contributed by atoms with Crippen molar-refractivity contribution in [3.63, 3.8) is 0 Å². The van der Waals surface area contributed by atoms with E-state index in [2.05, 4.69) is 10.3 Å². The van der Waals surface area contributed by atoms with Gasteiger partial charge in [-0.15, -0.1) is 0 Å². The molecule has 4 heteroatoms. The van der Waals surface area contributed by atoms with Crippen molar-refractivity contribution < 1.29 is 4.79 Å². The third kappa shape index (κ3) is 2.03. The molecule has 0 fully saturated rings. The number of nitrogens with zero attached hydrogens (tertiary/aromatic N) is 1. The van der Waals surface area contributed by atoms with Gasteiger partial charge in [0.2, 0.25) is 5.12 Å². The number of carbonyl (C=O) groups excluding carboxylic acids is 1. The molecule has 0 saturated heterocycles. The van der Waals surface area contributed by atoms with Gasteiger partial charge in [0.1, 0.15) is 5.03 Å². The maximum absolute atomic E-state index is 11.4. The molecule has 0 bridgehead atoms. The summed E-state index contributed by atoms with van der Waals surface area (Å²) in [6, 6.07) is 10.0. The first-order valence-electron chi connectivity index (χ1n) is 5.33.